The fourth-order valence-electron chi connectivity index (χ4n) is 7.42. The van der Waals surface area contributed by atoms with E-state index in [4.69, 9.17) is 5.73 Å². The van der Waals surface area contributed by atoms with Crippen molar-refractivity contribution in [3.63, 3.8) is 0 Å². The Balaban J connectivity index is 1.62. The van der Waals surface area contributed by atoms with Gasteiger partial charge in [-0.2, -0.15) is 0 Å². The van der Waals surface area contributed by atoms with Gasteiger partial charge in [0.2, 0.25) is 8.24 Å². The number of nitrogens with one attached hydrogen (secondary N) is 1. The van der Waals surface area contributed by atoms with E-state index in [0.29, 0.717) is 13.1 Å². The van der Waals surface area contributed by atoms with E-state index in [1.165, 1.54) is 37.1 Å². The van der Waals surface area contributed by atoms with Crippen molar-refractivity contribution < 1.29 is 0 Å². The molecule has 0 fully saturated rings. The van der Waals surface area contributed by atoms with Crippen LogP contribution in [-0.4, -0.2) is 20.9 Å². The molecule has 7 aromatic rings. The van der Waals surface area contributed by atoms with Crippen molar-refractivity contribution in [3.05, 3.63) is 223 Å². The number of nitrogens with zero attached hydrogens (tertiary/aromatic N) is 1. The zero-order valence-electron chi connectivity index (χ0n) is 28.3. The Bertz CT molecular complexity index is 1910. The lowest BCUT2D eigenvalue weighted by Crippen LogP contribution is -2.90. The summed E-state index contributed by atoms with van der Waals surface area (Å²) in [6.07, 6.45) is 0. The van der Waals surface area contributed by atoms with Crippen molar-refractivity contribution >= 4 is 42.6 Å². The average molecular weight is 682 g/mol. The molecule has 0 aliphatic heterocycles. The molecule has 3 N–H and O–H groups in total. The van der Waals surface area contributed by atoms with Crippen LogP contribution in [0.25, 0.3) is 0 Å². The van der Waals surface area contributed by atoms with Crippen molar-refractivity contribution in [1.82, 2.24) is 9.21 Å². The topological polar surface area (TPSA) is 41.3 Å². The summed E-state index contributed by atoms with van der Waals surface area (Å²) in [4.78, 5) is 4.42. The molecule has 0 unspecified atom stereocenters. The highest BCUT2D eigenvalue weighted by Gasteiger charge is 2.57. The van der Waals surface area contributed by atoms with E-state index in [-0.39, 0.29) is 0 Å². The normalized spacial score (nSPS) is 11.8. The smallest absolute Gasteiger partial charge is 0.264 e. The fraction of sp³-hybridized carbons (Fsp3) is 0.0667. The first-order valence-electron chi connectivity index (χ1n) is 17.4. The Kier molecular flexibility index (Phi) is 10.4. The third kappa shape index (κ3) is 6.57. The second kappa shape index (κ2) is 15.6. The maximum absolute atomic E-state index is 6.01. The second-order valence-corrected chi connectivity index (χ2v) is 20.3. The minimum absolute atomic E-state index is 0.532. The van der Waals surface area contributed by atoms with Crippen LogP contribution in [0.5, 0.6) is 0 Å². The van der Waals surface area contributed by atoms with E-state index in [1.807, 2.05) is 0 Å². The quantitative estimate of drug-likeness (QED) is 0.122. The van der Waals surface area contributed by atoms with Crippen molar-refractivity contribution in [2.45, 2.75) is 19.6 Å². The Morgan fingerprint density at radius 2 is 0.720 bits per heavy atom. The van der Waals surface area contributed by atoms with E-state index < -0.39 is 16.6 Å². The SMILES string of the molecule is NCc1ccc(CN[Si](c2ccccc2)(c2ccccc2)N(Cc2ccccc2)[Si](c2ccccc2)(c2ccccc2)c2ccccc2)cc1. The molecule has 0 radical (unpaired) electrons. The standard InChI is InChI=1S/C45H43N3Si2/c46-35-38-31-33-39(34-32-38)36-47-50(44-27-15-5-16-28-44,45-29-17-6-18-30-45)48(37-40-19-7-1-8-20-40)49(41-21-9-2-10-22-41,42-23-11-3-12-24-42)43-25-13-4-14-26-43/h1-34,47H,35-37,46H2. The zero-order chi connectivity index (χ0) is 34.1. The van der Waals surface area contributed by atoms with Gasteiger partial charge in [-0.15, -0.1) is 0 Å². The summed E-state index contributed by atoms with van der Waals surface area (Å²) in [5, 5.41) is 6.70. The lowest BCUT2D eigenvalue weighted by atomic mass is 10.1. The number of rotatable bonds is 13. The summed E-state index contributed by atoms with van der Waals surface area (Å²) >= 11 is 0. The van der Waals surface area contributed by atoms with Gasteiger partial charge in [-0.05, 0) is 42.6 Å². The summed E-state index contributed by atoms with van der Waals surface area (Å²) in [6, 6.07) is 76.2. The molecule has 246 valence electrons. The van der Waals surface area contributed by atoms with Gasteiger partial charge in [-0.25, -0.2) is 0 Å². The molecule has 5 heteroatoms. The Morgan fingerprint density at radius 3 is 1.10 bits per heavy atom. The van der Waals surface area contributed by atoms with Crippen LogP contribution in [0.15, 0.2) is 206 Å². The molecule has 0 aromatic heterocycles. The first-order valence-corrected chi connectivity index (χ1v) is 21.3. The van der Waals surface area contributed by atoms with Crippen LogP contribution in [-0.2, 0) is 19.6 Å². The zero-order valence-corrected chi connectivity index (χ0v) is 30.3. The maximum atomic E-state index is 6.01. The molecule has 0 atom stereocenters. The maximum Gasteiger partial charge on any atom is 0.264 e. The van der Waals surface area contributed by atoms with Gasteiger partial charge in [-0.1, -0.05) is 206 Å². The van der Waals surface area contributed by atoms with E-state index in [0.717, 1.165) is 12.1 Å². The van der Waals surface area contributed by atoms with Gasteiger partial charge >= 0.3 is 0 Å². The highest BCUT2D eigenvalue weighted by atomic mass is 28.4. The van der Waals surface area contributed by atoms with Crippen LogP contribution in [0, 0.1) is 0 Å². The lowest BCUT2D eigenvalue weighted by molar-refractivity contribution is 0.608. The highest BCUT2D eigenvalue weighted by molar-refractivity contribution is 7.18. The van der Waals surface area contributed by atoms with Gasteiger partial charge < -0.3 is 14.9 Å². The predicted octanol–water partition coefficient (Wildman–Crippen LogP) is 5.66. The van der Waals surface area contributed by atoms with Crippen LogP contribution in [0.2, 0.25) is 0 Å². The first-order chi connectivity index (χ1) is 24.7. The summed E-state index contributed by atoms with van der Waals surface area (Å²) in [5.41, 5.74) is 9.66. The molecule has 0 spiro atoms. The van der Waals surface area contributed by atoms with E-state index >= 15 is 0 Å². The molecule has 50 heavy (non-hydrogen) atoms. The number of nitrogens with two attached hydrogens (primary N) is 1. The van der Waals surface area contributed by atoms with Crippen molar-refractivity contribution in [2.24, 2.45) is 5.73 Å². The van der Waals surface area contributed by atoms with Gasteiger partial charge in [0.05, 0.1) is 0 Å². The highest BCUT2D eigenvalue weighted by Crippen LogP contribution is 2.25. The van der Waals surface area contributed by atoms with Crippen LogP contribution in [0.3, 0.4) is 0 Å². The molecule has 0 amide bonds. The number of benzene rings is 7. The molecule has 0 aliphatic rings. The molecule has 0 bridgehead atoms. The molecular weight excluding hydrogens is 639 g/mol. The molecule has 7 aromatic carbocycles. The number of hydrogen-bond donors (Lipinski definition) is 2. The van der Waals surface area contributed by atoms with Gasteiger partial charge in [-0.3, -0.25) is 0 Å². The monoisotopic (exact) mass is 681 g/mol. The Labute approximate surface area is 299 Å². The van der Waals surface area contributed by atoms with Crippen LogP contribution in [0.4, 0.5) is 0 Å². The van der Waals surface area contributed by atoms with Crippen LogP contribution < -0.4 is 36.6 Å². The van der Waals surface area contributed by atoms with Crippen LogP contribution in [0.1, 0.15) is 16.7 Å². The summed E-state index contributed by atoms with van der Waals surface area (Å²) < 4.78 is 2.98. The average Bonchev–Trinajstić information content (AvgIpc) is 3.21. The Morgan fingerprint density at radius 1 is 0.380 bits per heavy atom. The fourth-order valence-corrected chi connectivity index (χ4v) is 19.8. The number of hydrogen-bond acceptors (Lipinski definition) is 3. The molecule has 7 rings (SSSR count). The summed E-state index contributed by atoms with van der Waals surface area (Å²) in [7, 11) is -6.20. The van der Waals surface area contributed by atoms with E-state index in [9.17, 15) is 0 Å². The Hall–Kier alpha value is -5.15. The largest absolute Gasteiger partial charge is 0.326 e. The lowest BCUT2D eigenvalue weighted by Gasteiger charge is -2.53. The molecule has 3 nitrogen and oxygen atoms in total. The minimum Gasteiger partial charge on any atom is -0.326 e. The first kappa shape index (κ1) is 33.4. The van der Waals surface area contributed by atoms with E-state index in [1.54, 1.807) is 0 Å². The molecular formula is C45H43N3Si2. The summed E-state index contributed by atoms with van der Waals surface area (Å²) in [5.74, 6) is 0. The van der Waals surface area contributed by atoms with Crippen molar-refractivity contribution in [3.8, 4) is 0 Å². The third-order valence-corrected chi connectivity index (χ3v) is 20.2. The van der Waals surface area contributed by atoms with E-state index in [2.05, 4.69) is 215 Å². The minimum atomic E-state index is -3.13. The van der Waals surface area contributed by atoms with Gasteiger partial charge in [0.1, 0.15) is 0 Å². The molecule has 0 heterocycles. The van der Waals surface area contributed by atoms with Crippen molar-refractivity contribution in [2.75, 3.05) is 0 Å². The third-order valence-electron chi connectivity index (χ3n) is 9.76. The van der Waals surface area contributed by atoms with Crippen molar-refractivity contribution in [1.29, 1.82) is 0 Å². The molecule has 0 saturated carbocycles. The molecule has 0 aliphatic carbocycles. The van der Waals surface area contributed by atoms with Crippen LogP contribution >= 0.6 is 0 Å². The predicted molar refractivity (Wildman–Crippen MR) is 215 cm³/mol. The summed E-state index contributed by atoms with van der Waals surface area (Å²) in [6.45, 7) is 1.99. The van der Waals surface area contributed by atoms with Gasteiger partial charge in [0.15, 0.2) is 0 Å². The molecule has 0 saturated heterocycles. The van der Waals surface area contributed by atoms with Gasteiger partial charge in [0.25, 0.3) is 8.40 Å². The second-order valence-electron chi connectivity index (χ2n) is 12.7. The van der Waals surface area contributed by atoms with Gasteiger partial charge in [0, 0.05) is 19.6 Å².